The summed E-state index contributed by atoms with van der Waals surface area (Å²) in [6.45, 7) is 3.80. The summed E-state index contributed by atoms with van der Waals surface area (Å²) in [7, 11) is 1.48. The van der Waals surface area contributed by atoms with Gasteiger partial charge in [0, 0.05) is 18.7 Å². The Morgan fingerprint density at radius 1 is 1.19 bits per heavy atom. The summed E-state index contributed by atoms with van der Waals surface area (Å²) in [6, 6.07) is 12.1. The van der Waals surface area contributed by atoms with Gasteiger partial charge in [0.05, 0.1) is 15.5 Å². The van der Waals surface area contributed by atoms with Crippen LogP contribution in [0.4, 0.5) is 5.69 Å². The molecule has 138 valence electrons. The van der Waals surface area contributed by atoms with Crippen molar-refractivity contribution >= 4 is 23.4 Å². The van der Waals surface area contributed by atoms with E-state index in [1.165, 1.54) is 13.1 Å². The molecule has 0 bridgehead atoms. The molecule has 9 heteroatoms. The second kappa shape index (κ2) is 7.58. The van der Waals surface area contributed by atoms with Crippen molar-refractivity contribution in [1.82, 2.24) is 20.1 Å². The number of amides is 1. The minimum atomic E-state index is -0.504. The molecule has 1 aromatic heterocycles. The smallest absolute Gasteiger partial charge is 0.284 e. The molecule has 0 atom stereocenters. The van der Waals surface area contributed by atoms with Gasteiger partial charge in [-0.2, -0.15) is 0 Å². The van der Waals surface area contributed by atoms with Gasteiger partial charge in [0.1, 0.15) is 5.82 Å². The molecular formula is C18H17N5O3S. The van der Waals surface area contributed by atoms with Gasteiger partial charge in [-0.1, -0.05) is 18.2 Å². The SMILES string of the molecule is CNC(=O)c1ccc(Sc2nnc(C)n2-c2ccccc2C)c([N+](=O)[O-])c1. The van der Waals surface area contributed by atoms with Crippen molar-refractivity contribution in [2.24, 2.45) is 0 Å². The number of aromatic nitrogens is 3. The lowest BCUT2D eigenvalue weighted by atomic mass is 10.2. The number of nitro benzene ring substituents is 1. The van der Waals surface area contributed by atoms with E-state index in [0.29, 0.717) is 15.9 Å². The first-order valence-corrected chi connectivity index (χ1v) is 8.90. The van der Waals surface area contributed by atoms with Crippen molar-refractivity contribution in [3.8, 4) is 5.69 Å². The van der Waals surface area contributed by atoms with Crippen LogP contribution in [-0.4, -0.2) is 32.6 Å². The molecule has 1 heterocycles. The van der Waals surface area contributed by atoms with Crippen LogP contribution >= 0.6 is 11.8 Å². The Balaban J connectivity index is 2.06. The van der Waals surface area contributed by atoms with Gasteiger partial charge in [-0.3, -0.25) is 19.5 Å². The molecular weight excluding hydrogens is 366 g/mol. The fourth-order valence-corrected chi connectivity index (χ4v) is 3.61. The standard InChI is InChI=1S/C18H17N5O3S/c1-11-6-4-5-7-14(11)22-12(2)20-21-18(22)27-16-9-8-13(17(24)19-3)10-15(16)23(25)26/h4-10H,1-3H3,(H,19,24). The van der Waals surface area contributed by atoms with Crippen LogP contribution in [0.5, 0.6) is 0 Å². The zero-order valence-corrected chi connectivity index (χ0v) is 15.8. The highest BCUT2D eigenvalue weighted by Gasteiger charge is 2.21. The lowest BCUT2D eigenvalue weighted by molar-refractivity contribution is -0.387. The Morgan fingerprint density at radius 2 is 1.93 bits per heavy atom. The summed E-state index contributed by atoms with van der Waals surface area (Å²) >= 11 is 1.14. The van der Waals surface area contributed by atoms with E-state index >= 15 is 0 Å². The van der Waals surface area contributed by atoms with Crippen LogP contribution in [-0.2, 0) is 0 Å². The highest BCUT2D eigenvalue weighted by Crippen LogP contribution is 2.36. The van der Waals surface area contributed by atoms with E-state index in [-0.39, 0.29) is 17.2 Å². The number of carbonyl (C=O) groups is 1. The normalized spacial score (nSPS) is 10.6. The molecule has 0 radical (unpaired) electrons. The lowest BCUT2D eigenvalue weighted by Gasteiger charge is -2.11. The van der Waals surface area contributed by atoms with Crippen molar-refractivity contribution in [2.45, 2.75) is 23.9 Å². The van der Waals surface area contributed by atoms with Gasteiger partial charge >= 0.3 is 0 Å². The molecule has 0 fully saturated rings. The Kier molecular flexibility index (Phi) is 5.22. The van der Waals surface area contributed by atoms with E-state index in [1.807, 2.05) is 42.7 Å². The van der Waals surface area contributed by atoms with Gasteiger partial charge in [0.2, 0.25) is 5.16 Å². The Labute approximate surface area is 159 Å². The molecule has 0 unspecified atom stereocenters. The van der Waals surface area contributed by atoms with E-state index in [4.69, 9.17) is 0 Å². The second-order valence-electron chi connectivity index (χ2n) is 5.77. The predicted octanol–water partition coefficient (Wildman–Crippen LogP) is 3.30. The first-order chi connectivity index (χ1) is 12.9. The predicted molar refractivity (Wildman–Crippen MR) is 101 cm³/mol. The van der Waals surface area contributed by atoms with Gasteiger partial charge in [-0.05, 0) is 49.4 Å². The largest absolute Gasteiger partial charge is 0.355 e. The van der Waals surface area contributed by atoms with Gasteiger partial charge in [-0.25, -0.2) is 0 Å². The van der Waals surface area contributed by atoms with Crippen molar-refractivity contribution in [1.29, 1.82) is 0 Å². The molecule has 3 aromatic rings. The molecule has 3 rings (SSSR count). The number of hydrogen-bond acceptors (Lipinski definition) is 6. The van der Waals surface area contributed by atoms with Gasteiger partial charge in [0.25, 0.3) is 11.6 Å². The number of aryl methyl sites for hydroxylation is 2. The number of hydrogen-bond donors (Lipinski definition) is 1. The summed E-state index contributed by atoms with van der Waals surface area (Å²) in [4.78, 5) is 23.2. The van der Waals surface area contributed by atoms with Crippen LogP contribution in [0.2, 0.25) is 0 Å². The number of nitro groups is 1. The Morgan fingerprint density at radius 3 is 2.59 bits per heavy atom. The highest BCUT2D eigenvalue weighted by molar-refractivity contribution is 7.99. The van der Waals surface area contributed by atoms with Crippen LogP contribution in [0.1, 0.15) is 21.7 Å². The summed E-state index contributed by atoms with van der Waals surface area (Å²) in [5.41, 5.74) is 2.02. The fraction of sp³-hybridized carbons (Fsp3) is 0.167. The zero-order valence-electron chi connectivity index (χ0n) is 15.0. The van der Waals surface area contributed by atoms with Crippen LogP contribution < -0.4 is 5.32 Å². The number of benzene rings is 2. The molecule has 0 aliphatic carbocycles. The monoisotopic (exact) mass is 383 g/mol. The Hall–Kier alpha value is -3.20. The first kappa shape index (κ1) is 18.6. The third kappa shape index (κ3) is 3.68. The van der Waals surface area contributed by atoms with E-state index in [0.717, 1.165) is 23.0 Å². The summed E-state index contributed by atoms with van der Waals surface area (Å²) in [5, 5.41) is 22.8. The molecule has 27 heavy (non-hydrogen) atoms. The molecule has 0 aliphatic heterocycles. The highest BCUT2D eigenvalue weighted by atomic mass is 32.2. The average Bonchev–Trinajstić information content (AvgIpc) is 3.01. The summed E-state index contributed by atoms with van der Waals surface area (Å²) in [5.74, 6) is 0.296. The van der Waals surface area contributed by atoms with Crippen LogP contribution in [0.15, 0.2) is 52.5 Å². The zero-order chi connectivity index (χ0) is 19.6. The van der Waals surface area contributed by atoms with E-state index < -0.39 is 4.92 Å². The second-order valence-corrected chi connectivity index (χ2v) is 6.78. The molecule has 0 spiro atoms. The van der Waals surface area contributed by atoms with Gasteiger partial charge in [0.15, 0.2) is 0 Å². The molecule has 0 saturated heterocycles. The third-order valence-corrected chi connectivity index (χ3v) is 5.01. The topological polar surface area (TPSA) is 103 Å². The van der Waals surface area contributed by atoms with E-state index in [2.05, 4.69) is 15.5 Å². The van der Waals surface area contributed by atoms with Gasteiger partial charge in [-0.15, -0.1) is 10.2 Å². The minimum absolute atomic E-state index is 0.155. The average molecular weight is 383 g/mol. The maximum Gasteiger partial charge on any atom is 0.284 e. The number of nitrogens with zero attached hydrogens (tertiary/aromatic N) is 4. The first-order valence-electron chi connectivity index (χ1n) is 8.08. The molecule has 1 N–H and O–H groups in total. The van der Waals surface area contributed by atoms with Crippen molar-refractivity contribution in [2.75, 3.05) is 7.05 Å². The maximum atomic E-state index is 11.8. The number of carbonyl (C=O) groups excluding carboxylic acids is 1. The summed E-state index contributed by atoms with van der Waals surface area (Å²) < 4.78 is 1.86. The fourth-order valence-electron chi connectivity index (χ4n) is 2.63. The molecule has 2 aromatic carbocycles. The molecule has 1 amide bonds. The molecule has 0 saturated carbocycles. The molecule has 0 aliphatic rings. The van der Waals surface area contributed by atoms with Crippen molar-refractivity contribution < 1.29 is 9.72 Å². The minimum Gasteiger partial charge on any atom is -0.355 e. The quantitative estimate of drug-likeness (QED) is 0.536. The Bertz CT molecular complexity index is 1030. The third-order valence-electron chi connectivity index (χ3n) is 4.00. The van der Waals surface area contributed by atoms with Crippen LogP contribution in [0.25, 0.3) is 5.69 Å². The molecule has 8 nitrogen and oxygen atoms in total. The van der Waals surface area contributed by atoms with E-state index in [1.54, 1.807) is 12.1 Å². The lowest BCUT2D eigenvalue weighted by Crippen LogP contribution is -2.17. The number of para-hydroxylation sites is 1. The van der Waals surface area contributed by atoms with E-state index in [9.17, 15) is 14.9 Å². The number of rotatable bonds is 5. The number of nitrogens with one attached hydrogen (secondary N) is 1. The van der Waals surface area contributed by atoms with Crippen LogP contribution in [0, 0.1) is 24.0 Å². The summed E-state index contributed by atoms with van der Waals surface area (Å²) in [6.07, 6.45) is 0. The van der Waals surface area contributed by atoms with Crippen molar-refractivity contribution in [3.05, 3.63) is 69.5 Å². The van der Waals surface area contributed by atoms with Gasteiger partial charge < -0.3 is 5.32 Å². The maximum absolute atomic E-state index is 11.8. The van der Waals surface area contributed by atoms with Crippen molar-refractivity contribution in [3.63, 3.8) is 0 Å². The van der Waals surface area contributed by atoms with Crippen LogP contribution in [0.3, 0.4) is 0 Å².